The number of hydrogen-bond acceptors (Lipinski definition) is 4. The molecule has 2 aromatic rings. The van der Waals surface area contributed by atoms with Crippen molar-refractivity contribution in [2.24, 2.45) is 11.8 Å². The van der Waals surface area contributed by atoms with Crippen molar-refractivity contribution in [3.8, 4) is 10.6 Å². The second-order valence-corrected chi connectivity index (χ2v) is 7.82. The molecular formula is C20H27N3OS. The number of rotatable bonds is 7. The molecule has 1 fully saturated rings. The highest BCUT2D eigenvalue weighted by Gasteiger charge is 2.25. The van der Waals surface area contributed by atoms with Crippen LogP contribution in [-0.4, -0.2) is 15.9 Å². The Morgan fingerprint density at radius 2 is 2.00 bits per heavy atom. The van der Waals surface area contributed by atoms with Crippen LogP contribution in [0.25, 0.3) is 10.6 Å². The molecule has 2 heterocycles. The summed E-state index contributed by atoms with van der Waals surface area (Å²) in [5.74, 6) is 1.23. The predicted molar refractivity (Wildman–Crippen MR) is 102 cm³/mol. The van der Waals surface area contributed by atoms with Crippen molar-refractivity contribution in [1.82, 2.24) is 15.3 Å². The standard InChI is InChI=1S/C20H27N3OS/c1-2-3-4-15-5-7-16(8-6-15)19(24)22-13-18-14-25-20(23-18)17-9-11-21-12-10-17/h9-12,14-16H,2-8,13H2,1H3,(H,22,24). The van der Waals surface area contributed by atoms with E-state index in [1.165, 1.54) is 32.1 Å². The molecule has 0 aromatic carbocycles. The fourth-order valence-corrected chi connectivity index (χ4v) is 4.37. The smallest absolute Gasteiger partial charge is 0.223 e. The molecule has 0 aliphatic heterocycles. The topological polar surface area (TPSA) is 54.9 Å². The largest absolute Gasteiger partial charge is 0.350 e. The van der Waals surface area contributed by atoms with Gasteiger partial charge in [-0.15, -0.1) is 11.3 Å². The summed E-state index contributed by atoms with van der Waals surface area (Å²) in [5, 5.41) is 6.08. The van der Waals surface area contributed by atoms with Crippen molar-refractivity contribution < 1.29 is 4.79 Å². The Bertz CT molecular complexity index is 663. The van der Waals surface area contributed by atoms with Gasteiger partial charge in [0.2, 0.25) is 5.91 Å². The van der Waals surface area contributed by atoms with E-state index in [1.54, 1.807) is 23.7 Å². The summed E-state index contributed by atoms with van der Waals surface area (Å²) in [6, 6.07) is 3.91. The molecule has 0 atom stereocenters. The number of carbonyl (C=O) groups excluding carboxylic acids is 1. The maximum absolute atomic E-state index is 12.4. The molecule has 1 aliphatic rings. The van der Waals surface area contributed by atoms with Crippen LogP contribution in [0.4, 0.5) is 0 Å². The van der Waals surface area contributed by atoms with Gasteiger partial charge in [0.15, 0.2) is 0 Å². The summed E-state index contributed by atoms with van der Waals surface area (Å²) < 4.78 is 0. The molecule has 1 amide bonds. The summed E-state index contributed by atoms with van der Waals surface area (Å²) >= 11 is 1.61. The molecule has 0 radical (unpaired) electrons. The minimum atomic E-state index is 0.191. The molecule has 0 spiro atoms. The Morgan fingerprint density at radius 1 is 1.24 bits per heavy atom. The monoisotopic (exact) mass is 357 g/mol. The van der Waals surface area contributed by atoms with Crippen molar-refractivity contribution in [3.05, 3.63) is 35.6 Å². The zero-order valence-electron chi connectivity index (χ0n) is 14.9. The fraction of sp³-hybridized carbons (Fsp3) is 0.550. The molecular weight excluding hydrogens is 330 g/mol. The predicted octanol–water partition coefficient (Wildman–Crippen LogP) is 4.82. The van der Waals surface area contributed by atoms with E-state index in [0.717, 1.165) is 35.0 Å². The second kappa shape index (κ2) is 9.09. The van der Waals surface area contributed by atoms with Crippen LogP contribution in [-0.2, 0) is 11.3 Å². The molecule has 5 heteroatoms. The Labute approximate surface area is 154 Å². The first-order valence-electron chi connectivity index (χ1n) is 9.38. The molecule has 0 unspecified atom stereocenters. The highest BCUT2D eigenvalue weighted by Crippen LogP contribution is 2.32. The Kier molecular flexibility index (Phi) is 6.56. The van der Waals surface area contributed by atoms with Crippen molar-refractivity contribution in [3.63, 3.8) is 0 Å². The lowest BCUT2D eigenvalue weighted by Crippen LogP contribution is -2.32. The summed E-state index contributed by atoms with van der Waals surface area (Å²) in [6.45, 7) is 2.77. The van der Waals surface area contributed by atoms with Crippen LogP contribution in [0, 0.1) is 11.8 Å². The lowest BCUT2D eigenvalue weighted by molar-refractivity contribution is -0.126. The van der Waals surface area contributed by atoms with Crippen LogP contribution in [0.1, 0.15) is 57.6 Å². The summed E-state index contributed by atoms with van der Waals surface area (Å²) in [7, 11) is 0. The fourth-order valence-electron chi connectivity index (χ4n) is 3.54. The van der Waals surface area contributed by atoms with Gasteiger partial charge in [0.1, 0.15) is 5.01 Å². The number of unbranched alkanes of at least 4 members (excludes halogenated alkanes) is 1. The highest BCUT2D eigenvalue weighted by molar-refractivity contribution is 7.13. The van der Waals surface area contributed by atoms with E-state index < -0.39 is 0 Å². The Hall–Kier alpha value is -1.75. The average Bonchev–Trinajstić information content (AvgIpc) is 3.14. The number of carbonyl (C=O) groups is 1. The van der Waals surface area contributed by atoms with Gasteiger partial charge < -0.3 is 5.32 Å². The molecule has 4 nitrogen and oxygen atoms in total. The quantitative estimate of drug-likeness (QED) is 0.773. The van der Waals surface area contributed by atoms with E-state index in [0.29, 0.717) is 6.54 Å². The number of amides is 1. The summed E-state index contributed by atoms with van der Waals surface area (Å²) in [6.07, 6.45) is 12.0. The van der Waals surface area contributed by atoms with Gasteiger partial charge in [0.05, 0.1) is 12.2 Å². The van der Waals surface area contributed by atoms with Crippen LogP contribution >= 0.6 is 11.3 Å². The number of nitrogens with one attached hydrogen (secondary N) is 1. The molecule has 1 aliphatic carbocycles. The van der Waals surface area contributed by atoms with Crippen molar-refractivity contribution >= 4 is 17.2 Å². The molecule has 3 rings (SSSR count). The van der Waals surface area contributed by atoms with Crippen LogP contribution in [0.3, 0.4) is 0 Å². The number of thiazole rings is 1. The van der Waals surface area contributed by atoms with Gasteiger partial charge >= 0.3 is 0 Å². The molecule has 1 saturated carbocycles. The zero-order chi connectivity index (χ0) is 17.5. The van der Waals surface area contributed by atoms with Gasteiger partial charge in [-0.2, -0.15) is 0 Å². The van der Waals surface area contributed by atoms with E-state index in [1.807, 2.05) is 17.5 Å². The van der Waals surface area contributed by atoms with Crippen LogP contribution in [0.5, 0.6) is 0 Å². The number of hydrogen-bond donors (Lipinski definition) is 1. The Morgan fingerprint density at radius 3 is 2.72 bits per heavy atom. The highest BCUT2D eigenvalue weighted by atomic mass is 32.1. The van der Waals surface area contributed by atoms with E-state index in [9.17, 15) is 4.79 Å². The van der Waals surface area contributed by atoms with E-state index in [4.69, 9.17) is 0 Å². The average molecular weight is 358 g/mol. The van der Waals surface area contributed by atoms with Crippen molar-refractivity contribution in [2.45, 2.75) is 58.4 Å². The second-order valence-electron chi connectivity index (χ2n) is 6.96. The first-order valence-corrected chi connectivity index (χ1v) is 10.3. The SMILES string of the molecule is CCCCC1CCC(C(=O)NCc2csc(-c3ccncc3)n2)CC1. The molecule has 25 heavy (non-hydrogen) atoms. The van der Waals surface area contributed by atoms with Gasteiger partial charge in [-0.1, -0.05) is 26.2 Å². The maximum Gasteiger partial charge on any atom is 0.223 e. The summed E-state index contributed by atoms with van der Waals surface area (Å²) in [5.41, 5.74) is 2.00. The third-order valence-electron chi connectivity index (χ3n) is 5.11. The van der Waals surface area contributed by atoms with E-state index in [2.05, 4.69) is 22.2 Å². The molecule has 134 valence electrons. The molecule has 0 bridgehead atoms. The minimum absolute atomic E-state index is 0.191. The molecule has 2 aromatic heterocycles. The Balaban J connectivity index is 1.45. The normalized spacial score (nSPS) is 20.4. The lowest BCUT2D eigenvalue weighted by atomic mass is 9.79. The summed E-state index contributed by atoms with van der Waals surface area (Å²) in [4.78, 5) is 21.1. The number of pyridine rings is 1. The third-order valence-corrected chi connectivity index (χ3v) is 6.05. The third kappa shape index (κ3) is 5.11. The van der Waals surface area contributed by atoms with Gasteiger partial charge in [0.25, 0.3) is 0 Å². The first kappa shape index (κ1) is 18.1. The van der Waals surface area contributed by atoms with Crippen molar-refractivity contribution in [2.75, 3.05) is 0 Å². The van der Waals surface area contributed by atoms with E-state index in [-0.39, 0.29) is 11.8 Å². The number of aromatic nitrogens is 2. The minimum Gasteiger partial charge on any atom is -0.350 e. The van der Waals surface area contributed by atoms with Gasteiger partial charge in [-0.05, 0) is 43.7 Å². The van der Waals surface area contributed by atoms with Crippen LogP contribution in [0.15, 0.2) is 29.9 Å². The lowest BCUT2D eigenvalue weighted by Gasteiger charge is -2.27. The molecule has 0 saturated heterocycles. The van der Waals surface area contributed by atoms with Gasteiger partial charge in [0, 0.05) is 29.3 Å². The number of nitrogens with zero attached hydrogens (tertiary/aromatic N) is 2. The van der Waals surface area contributed by atoms with Gasteiger partial charge in [-0.3, -0.25) is 9.78 Å². The van der Waals surface area contributed by atoms with Crippen LogP contribution < -0.4 is 5.32 Å². The van der Waals surface area contributed by atoms with E-state index >= 15 is 0 Å². The zero-order valence-corrected chi connectivity index (χ0v) is 15.7. The first-order chi connectivity index (χ1) is 12.3. The van der Waals surface area contributed by atoms with Gasteiger partial charge in [-0.25, -0.2) is 4.98 Å². The molecule has 1 N–H and O–H groups in total. The van der Waals surface area contributed by atoms with Crippen LogP contribution in [0.2, 0.25) is 0 Å². The maximum atomic E-state index is 12.4. The van der Waals surface area contributed by atoms with Crippen molar-refractivity contribution in [1.29, 1.82) is 0 Å².